The van der Waals surface area contributed by atoms with Crippen molar-refractivity contribution < 1.29 is 14.6 Å². The van der Waals surface area contributed by atoms with Crippen LogP contribution in [0.4, 0.5) is 4.39 Å². The molecule has 0 amide bonds. The van der Waals surface area contributed by atoms with Crippen molar-refractivity contribution in [3.05, 3.63) is 107 Å². The number of aliphatic hydroxyl groups excluding tert-OH is 1. The molecule has 0 aliphatic carbocycles. The number of hydrogen-bond acceptors (Lipinski definition) is 3. The predicted octanol–water partition coefficient (Wildman–Crippen LogP) is 5.62. The van der Waals surface area contributed by atoms with Gasteiger partial charge in [0.05, 0.1) is 0 Å². The van der Waals surface area contributed by atoms with Gasteiger partial charge in [-0.2, -0.15) is 0 Å². The number of aliphatic hydroxyl groups is 2. The second kappa shape index (κ2) is 10.4. The average molecular weight is 434 g/mol. The van der Waals surface area contributed by atoms with Crippen LogP contribution in [0.25, 0.3) is 0 Å². The molecule has 0 saturated carbocycles. The van der Waals surface area contributed by atoms with Gasteiger partial charge in [0, 0.05) is 18.0 Å². The highest BCUT2D eigenvalue weighted by Gasteiger charge is 2.34. The number of halogens is 1. The first kappa shape index (κ1) is 22.7. The molecule has 1 aliphatic heterocycles. The summed E-state index contributed by atoms with van der Waals surface area (Å²) in [4.78, 5) is 2.46. The summed E-state index contributed by atoms with van der Waals surface area (Å²) in [5.74, 6) is -0.167. The lowest BCUT2D eigenvalue weighted by molar-refractivity contribution is -0.0692. The molecule has 1 aliphatic rings. The van der Waals surface area contributed by atoms with E-state index >= 15 is 0 Å². The normalized spacial score (nSPS) is 21.4. The third-order valence-corrected chi connectivity index (χ3v) is 6.92. The second-order valence-electron chi connectivity index (χ2n) is 8.95. The van der Waals surface area contributed by atoms with Crippen molar-refractivity contribution in [3.63, 3.8) is 0 Å². The van der Waals surface area contributed by atoms with Crippen molar-refractivity contribution in [2.75, 3.05) is 6.54 Å². The third-order valence-electron chi connectivity index (χ3n) is 6.92. The summed E-state index contributed by atoms with van der Waals surface area (Å²) in [7, 11) is 0. The molecule has 2 N–H and O–H groups in total. The van der Waals surface area contributed by atoms with Crippen LogP contribution in [0.2, 0.25) is 0 Å². The number of nitrogens with zero attached hydrogens (tertiary/aromatic N) is 1. The van der Waals surface area contributed by atoms with Gasteiger partial charge in [0.25, 0.3) is 0 Å². The molecule has 0 bridgehead atoms. The summed E-state index contributed by atoms with van der Waals surface area (Å²) in [5, 5.41) is 20.5. The summed E-state index contributed by atoms with van der Waals surface area (Å²) in [5.41, 5.74) is 3.30. The van der Waals surface area contributed by atoms with E-state index in [2.05, 4.69) is 42.2 Å². The second-order valence-corrected chi connectivity index (χ2v) is 8.95. The predicted molar refractivity (Wildman–Crippen MR) is 126 cm³/mol. The Morgan fingerprint density at radius 3 is 2.09 bits per heavy atom. The van der Waals surface area contributed by atoms with Gasteiger partial charge >= 0.3 is 0 Å². The summed E-state index contributed by atoms with van der Waals surface area (Å²) in [6, 6.07) is 27.3. The minimum absolute atomic E-state index is 0.0330. The molecule has 168 valence electrons. The molecule has 4 unspecified atom stereocenters. The van der Waals surface area contributed by atoms with Crippen molar-refractivity contribution in [1.82, 2.24) is 4.90 Å². The Morgan fingerprint density at radius 1 is 0.875 bits per heavy atom. The zero-order valence-corrected chi connectivity index (χ0v) is 18.5. The molecule has 3 aromatic carbocycles. The van der Waals surface area contributed by atoms with Crippen LogP contribution in [0.5, 0.6) is 0 Å². The lowest BCUT2D eigenvalue weighted by Gasteiger charge is -2.44. The minimum Gasteiger partial charge on any atom is -0.368 e. The Hall–Kier alpha value is -2.53. The zero-order valence-electron chi connectivity index (χ0n) is 18.5. The summed E-state index contributed by atoms with van der Waals surface area (Å²) < 4.78 is 13.7. The van der Waals surface area contributed by atoms with Crippen molar-refractivity contribution in [1.29, 1.82) is 0 Å². The van der Waals surface area contributed by atoms with Crippen molar-refractivity contribution in [2.24, 2.45) is 0 Å². The zero-order chi connectivity index (χ0) is 22.5. The maximum Gasteiger partial charge on any atom is 0.158 e. The van der Waals surface area contributed by atoms with Crippen LogP contribution in [0.15, 0.2) is 84.9 Å². The van der Waals surface area contributed by atoms with Gasteiger partial charge in [0.15, 0.2) is 6.29 Å². The van der Waals surface area contributed by atoms with E-state index < -0.39 is 12.2 Å². The van der Waals surface area contributed by atoms with E-state index in [9.17, 15) is 14.6 Å². The highest BCUT2D eigenvalue weighted by atomic mass is 19.1. The fourth-order valence-electron chi connectivity index (χ4n) is 5.20. The quantitative estimate of drug-likeness (QED) is 0.475. The van der Waals surface area contributed by atoms with Crippen LogP contribution in [-0.2, 0) is 0 Å². The monoisotopic (exact) mass is 433 g/mol. The van der Waals surface area contributed by atoms with E-state index in [1.54, 1.807) is 0 Å². The SMILES string of the molecule is CC1CC(c2ccccc2)CCN1C(CC(c1ccccc1)C(O)O)c1ccc(F)cc1. The van der Waals surface area contributed by atoms with Gasteiger partial charge in [-0.3, -0.25) is 4.90 Å². The molecular weight excluding hydrogens is 401 g/mol. The average Bonchev–Trinajstić information content (AvgIpc) is 2.82. The first-order valence-corrected chi connectivity index (χ1v) is 11.5. The fourth-order valence-corrected chi connectivity index (χ4v) is 5.20. The van der Waals surface area contributed by atoms with Gasteiger partial charge in [-0.25, -0.2) is 4.39 Å². The van der Waals surface area contributed by atoms with Crippen LogP contribution in [0.1, 0.15) is 60.8 Å². The van der Waals surface area contributed by atoms with E-state index in [0.717, 1.165) is 30.5 Å². The topological polar surface area (TPSA) is 43.7 Å². The van der Waals surface area contributed by atoms with E-state index in [0.29, 0.717) is 18.4 Å². The maximum absolute atomic E-state index is 13.7. The van der Waals surface area contributed by atoms with E-state index in [-0.39, 0.29) is 11.9 Å². The van der Waals surface area contributed by atoms with Gasteiger partial charge in [-0.05, 0) is 67.5 Å². The lowest BCUT2D eigenvalue weighted by atomic mass is 9.82. The Labute approximate surface area is 190 Å². The largest absolute Gasteiger partial charge is 0.368 e. The standard InChI is InChI=1S/C28H32FNO2/c1-20-18-24(21-8-4-2-5-9-21)16-17-30(20)27(23-12-14-25(29)15-13-23)19-26(28(31)32)22-10-6-3-7-11-22/h2-15,20,24,26-28,31-32H,16-19H2,1H3. The van der Waals surface area contributed by atoms with Crippen molar-refractivity contribution in [2.45, 2.75) is 56.4 Å². The third kappa shape index (κ3) is 5.26. The Morgan fingerprint density at radius 2 is 1.50 bits per heavy atom. The highest BCUT2D eigenvalue weighted by Crippen LogP contribution is 2.40. The molecule has 4 atom stereocenters. The molecule has 3 aromatic rings. The van der Waals surface area contributed by atoms with Gasteiger partial charge in [0.2, 0.25) is 0 Å². The number of benzene rings is 3. The van der Waals surface area contributed by atoms with Gasteiger partial charge in [0.1, 0.15) is 5.82 Å². The van der Waals surface area contributed by atoms with Gasteiger partial charge in [-0.1, -0.05) is 72.8 Å². The van der Waals surface area contributed by atoms with Crippen molar-refractivity contribution in [3.8, 4) is 0 Å². The Balaban J connectivity index is 1.60. The van der Waals surface area contributed by atoms with Gasteiger partial charge in [-0.15, -0.1) is 0 Å². The summed E-state index contributed by atoms with van der Waals surface area (Å²) >= 11 is 0. The highest BCUT2D eigenvalue weighted by molar-refractivity contribution is 5.26. The lowest BCUT2D eigenvalue weighted by Crippen LogP contribution is -2.43. The number of hydrogen-bond donors (Lipinski definition) is 2. The molecule has 0 spiro atoms. The molecule has 1 saturated heterocycles. The first-order valence-electron chi connectivity index (χ1n) is 11.5. The van der Waals surface area contributed by atoms with Crippen molar-refractivity contribution >= 4 is 0 Å². The molecule has 4 rings (SSSR count). The molecule has 1 fully saturated rings. The maximum atomic E-state index is 13.7. The minimum atomic E-state index is -1.46. The molecule has 1 heterocycles. The van der Waals surface area contributed by atoms with Crippen LogP contribution in [0, 0.1) is 5.82 Å². The molecule has 4 heteroatoms. The molecule has 0 radical (unpaired) electrons. The van der Waals surface area contributed by atoms with Crippen LogP contribution in [0.3, 0.4) is 0 Å². The molecule has 32 heavy (non-hydrogen) atoms. The van der Waals surface area contributed by atoms with Gasteiger partial charge < -0.3 is 10.2 Å². The number of likely N-dealkylation sites (tertiary alicyclic amines) is 1. The number of rotatable bonds is 7. The van der Waals surface area contributed by atoms with E-state index in [1.165, 1.54) is 17.7 Å². The van der Waals surface area contributed by atoms with Crippen LogP contribution in [-0.4, -0.2) is 34.0 Å². The number of piperidine rings is 1. The van der Waals surface area contributed by atoms with E-state index in [4.69, 9.17) is 0 Å². The summed E-state index contributed by atoms with van der Waals surface area (Å²) in [6.07, 6.45) is 1.18. The smallest absolute Gasteiger partial charge is 0.158 e. The Kier molecular flexibility index (Phi) is 7.36. The molecule has 0 aromatic heterocycles. The summed E-state index contributed by atoms with van der Waals surface area (Å²) in [6.45, 7) is 3.16. The Bertz CT molecular complexity index is 962. The van der Waals surface area contributed by atoms with E-state index in [1.807, 2.05) is 42.5 Å². The van der Waals surface area contributed by atoms with Crippen LogP contribution >= 0.6 is 0 Å². The first-order chi connectivity index (χ1) is 15.5. The van der Waals surface area contributed by atoms with Crippen LogP contribution < -0.4 is 0 Å². The fraction of sp³-hybridized carbons (Fsp3) is 0.357. The molecule has 3 nitrogen and oxygen atoms in total. The molecular formula is C28H32FNO2.